The molecule has 6 nitrogen and oxygen atoms in total. The molecule has 1 aliphatic rings. The van der Waals surface area contributed by atoms with E-state index < -0.39 is 24.5 Å². The molecule has 3 unspecified atom stereocenters. The van der Waals surface area contributed by atoms with Gasteiger partial charge in [-0.25, -0.2) is 4.79 Å². The Morgan fingerprint density at radius 1 is 0.930 bits per heavy atom. The van der Waals surface area contributed by atoms with Gasteiger partial charge in [0.25, 0.3) is 0 Å². The van der Waals surface area contributed by atoms with Crippen molar-refractivity contribution in [3.63, 3.8) is 0 Å². The number of esters is 2. The first-order valence-electron chi connectivity index (χ1n) is 15.8. The molecule has 3 atom stereocenters. The molecule has 2 N–H and O–H groups in total. The van der Waals surface area contributed by atoms with E-state index in [1.165, 1.54) is 22.3 Å². The van der Waals surface area contributed by atoms with Gasteiger partial charge in [-0.1, -0.05) is 74.2 Å². The maximum Gasteiger partial charge on any atom is 0.335 e. The van der Waals surface area contributed by atoms with Gasteiger partial charge in [0.15, 0.2) is 0 Å². The fraction of sp³-hybridized carbons (Fsp3) is 0.514. The fourth-order valence-corrected chi connectivity index (χ4v) is 5.93. The van der Waals surface area contributed by atoms with Crippen LogP contribution in [0.25, 0.3) is 11.1 Å². The van der Waals surface area contributed by atoms with E-state index in [1.807, 2.05) is 0 Å². The number of carbonyl (C=O) groups is 2. The molecule has 0 amide bonds. The van der Waals surface area contributed by atoms with Crippen LogP contribution >= 0.6 is 0 Å². The first-order valence-corrected chi connectivity index (χ1v) is 15.8. The molecule has 0 aliphatic heterocycles. The van der Waals surface area contributed by atoms with E-state index in [1.54, 1.807) is 6.92 Å². The Labute approximate surface area is 257 Å². The minimum atomic E-state index is -0.640. The first kappa shape index (κ1) is 34.3. The number of aliphatic hydroxyl groups excluding tert-OH is 2. The molecule has 1 fully saturated rings. The third kappa shape index (κ3) is 10.8. The van der Waals surface area contributed by atoms with Crippen LogP contribution in [0.1, 0.15) is 76.3 Å². The van der Waals surface area contributed by atoms with Crippen LogP contribution in [0.4, 0.5) is 0 Å². The van der Waals surface area contributed by atoms with Gasteiger partial charge in [0.2, 0.25) is 0 Å². The van der Waals surface area contributed by atoms with Crippen LogP contribution in [0.2, 0.25) is 0 Å². The third-order valence-corrected chi connectivity index (χ3v) is 8.85. The Bertz CT molecular complexity index is 1170. The second-order valence-electron chi connectivity index (χ2n) is 12.2. The number of rotatable bonds is 16. The molecule has 1 aliphatic carbocycles. The second-order valence-corrected chi connectivity index (χ2v) is 12.2. The van der Waals surface area contributed by atoms with Crippen LogP contribution in [0.5, 0.6) is 0 Å². The number of carbonyl (C=O) groups excluding carboxylic acids is 2. The van der Waals surface area contributed by atoms with E-state index in [9.17, 15) is 14.7 Å². The van der Waals surface area contributed by atoms with Gasteiger partial charge in [0, 0.05) is 5.92 Å². The van der Waals surface area contributed by atoms with Crippen molar-refractivity contribution in [3.8, 4) is 11.1 Å². The molecule has 2 aromatic rings. The van der Waals surface area contributed by atoms with Crippen LogP contribution in [0, 0.1) is 23.7 Å². The predicted molar refractivity (Wildman–Crippen MR) is 171 cm³/mol. The average molecular weight is 591 g/mol. The minimum Gasteiger partial charge on any atom is -0.465 e. The SMILES string of the molecule is C=C(CO)C(=O)OCC(COC(=O)C(C)CO)CC(C)C1CCC(c2ccc(-c3ccc(CC/C=C/C)cc3)cc2)CC1. The standard InChI is InChI=1S/C37H50O6/c1-5-6-7-8-29-9-11-32(12-10-29)34-17-19-35(20-18-34)33-15-13-31(14-16-33)26(2)21-30(24-42-36(40)27(3)22-38)25-43-37(41)28(4)23-39/h5-6,9-12,17-20,26,28,30-31,33,38-39H,3,7-8,13-16,21-25H2,1-2,4H3/b6-5+. The summed E-state index contributed by atoms with van der Waals surface area (Å²) in [6, 6.07) is 18.0. The lowest BCUT2D eigenvalue weighted by Gasteiger charge is -2.34. The van der Waals surface area contributed by atoms with Crippen molar-refractivity contribution in [2.24, 2.45) is 23.7 Å². The van der Waals surface area contributed by atoms with Crippen LogP contribution in [-0.4, -0.2) is 48.6 Å². The van der Waals surface area contributed by atoms with Crippen molar-refractivity contribution in [2.45, 2.75) is 71.6 Å². The zero-order chi connectivity index (χ0) is 31.2. The van der Waals surface area contributed by atoms with Gasteiger partial charge < -0.3 is 19.7 Å². The minimum absolute atomic E-state index is 0.00220. The molecule has 6 heteroatoms. The summed E-state index contributed by atoms with van der Waals surface area (Å²) in [5, 5.41) is 18.4. The van der Waals surface area contributed by atoms with E-state index in [0.717, 1.165) is 44.9 Å². The Kier molecular flexibility index (Phi) is 14.2. The lowest BCUT2D eigenvalue weighted by atomic mass is 9.72. The Balaban J connectivity index is 1.52. The highest BCUT2D eigenvalue weighted by Crippen LogP contribution is 2.40. The summed E-state index contributed by atoms with van der Waals surface area (Å²) >= 11 is 0. The van der Waals surface area contributed by atoms with Crippen LogP contribution in [0.15, 0.2) is 72.8 Å². The summed E-state index contributed by atoms with van der Waals surface area (Å²) in [6.45, 7) is 8.89. The van der Waals surface area contributed by atoms with Crippen molar-refractivity contribution < 1.29 is 29.3 Å². The summed E-state index contributed by atoms with van der Waals surface area (Å²) in [5.74, 6) is -0.421. The van der Waals surface area contributed by atoms with Crippen molar-refractivity contribution in [3.05, 3.63) is 84.0 Å². The number of aliphatic hydroxyl groups is 2. The Morgan fingerprint density at radius 2 is 1.53 bits per heavy atom. The van der Waals surface area contributed by atoms with Crippen molar-refractivity contribution in [1.29, 1.82) is 0 Å². The number of ether oxygens (including phenoxy) is 2. The van der Waals surface area contributed by atoms with Gasteiger partial charge in [0.1, 0.15) is 0 Å². The topological polar surface area (TPSA) is 93.1 Å². The number of benzene rings is 2. The molecule has 0 heterocycles. The molecule has 3 rings (SSSR count). The first-order chi connectivity index (χ1) is 20.7. The molecule has 2 aromatic carbocycles. The molecule has 0 radical (unpaired) electrons. The van der Waals surface area contributed by atoms with Gasteiger partial charge in [-0.2, -0.15) is 0 Å². The van der Waals surface area contributed by atoms with Gasteiger partial charge >= 0.3 is 11.9 Å². The van der Waals surface area contributed by atoms with Crippen LogP contribution in [0.3, 0.4) is 0 Å². The molecule has 0 saturated heterocycles. The summed E-state index contributed by atoms with van der Waals surface area (Å²) in [6.07, 6.45) is 11.7. The highest BCUT2D eigenvalue weighted by atomic mass is 16.5. The van der Waals surface area contributed by atoms with E-state index in [0.29, 0.717) is 17.8 Å². The molecular weight excluding hydrogens is 540 g/mol. The molecule has 0 spiro atoms. The smallest absolute Gasteiger partial charge is 0.335 e. The summed E-state index contributed by atoms with van der Waals surface area (Å²) in [4.78, 5) is 24.2. The van der Waals surface area contributed by atoms with E-state index in [4.69, 9.17) is 14.6 Å². The molecule has 1 saturated carbocycles. The maximum atomic E-state index is 12.1. The van der Waals surface area contributed by atoms with E-state index in [-0.39, 0.29) is 31.3 Å². The van der Waals surface area contributed by atoms with Crippen LogP contribution < -0.4 is 0 Å². The fourth-order valence-electron chi connectivity index (χ4n) is 5.93. The Hall–Kier alpha value is -3.22. The van der Waals surface area contributed by atoms with Gasteiger partial charge in [0.05, 0.1) is 37.9 Å². The zero-order valence-corrected chi connectivity index (χ0v) is 26.2. The Morgan fingerprint density at radius 3 is 2.12 bits per heavy atom. The van der Waals surface area contributed by atoms with Gasteiger partial charge in [-0.15, -0.1) is 0 Å². The highest BCUT2D eigenvalue weighted by Gasteiger charge is 2.29. The van der Waals surface area contributed by atoms with Gasteiger partial charge in [-0.05, 0) is 98.8 Å². The lowest BCUT2D eigenvalue weighted by Crippen LogP contribution is -2.28. The second kappa shape index (κ2) is 17.8. The highest BCUT2D eigenvalue weighted by molar-refractivity contribution is 5.87. The normalized spacial score (nSPS) is 19.0. The summed E-state index contributed by atoms with van der Waals surface area (Å²) in [5.41, 5.74) is 5.25. The molecular formula is C37H50O6. The molecule has 0 bridgehead atoms. The quantitative estimate of drug-likeness (QED) is 0.124. The van der Waals surface area contributed by atoms with Crippen molar-refractivity contribution in [1.82, 2.24) is 0 Å². The maximum absolute atomic E-state index is 12.1. The van der Waals surface area contributed by atoms with Crippen molar-refractivity contribution in [2.75, 3.05) is 26.4 Å². The van der Waals surface area contributed by atoms with Crippen LogP contribution in [-0.2, 0) is 25.5 Å². The molecule has 234 valence electrons. The number of hydrogen-bond acceptors (Lipinski definition) is 6. The van der Waals surface area contributed by atoms with E-state index in [2.05, 4.69) is 81.1 Å². The average Bonchev–Trinajstić information content (AvgIpc) is 3.05. The number of allylic oxidation sites excluding steroid dienone is 2. The largest absolute Gasteiger partial charge is 0.465 e. The summed E-state index contributed by atoms with van der Waals surface area (Å²) in [7, 11) is 0. The van der Waals surface area contributed by atoms with E-state index >= 15 is 0 Å². The third-order valence-electron chi connectivity index (χ3n) is 8.85. The molecule has 43 heavy (non-hydrogen) atoms. The number of aryl methyl sites for hydroxylation is 1. The predicted octanol–water partition coefficient (Wildman–Crippen LogP) is 7.04. The lowest BCUT2D eigenvalue weighted by molar-refractivity contribution is -0.152. The summed E-state index contributed by atoms with van der Waals surface area (Å²) < 4.78 is 10.8. The van der Waals surface area contributed by atoms with Crippen molar-refractivity contribution >= 4 is 11.9 Å². The zero-order valence-electron chi connectivity index (χ0n) is 26.2. The van der Waals surface area contributed by atoms with Gasteiger partial charge in [-0.3, -0.25) is 4.79 Å². The number of hydrogen-bond donors (Lipinski definition) is 2. The molecule has 0 aromatic heterocycles. The monoisotopic (exact) mass is 590 g/mol.